The third-order valence-corrected chi connectivity index (χ3v) is 12.7. The molecular weight excluding hydrogens is 989 g/mol. The number of unbranched alkanes of at least 4 members (excludes halogenated alkanes) is 16. The minimum Gasteiger partial charge on any atom is -0.481 e. The number of nitrogens with zero attached hydrogens (tertiary/aromatic N) is 1. The van der Waals surface area contributed by atoms with E-state index in [4.69, 9.17) is 29.8 Å². The SMILES string of the molecule is CC(=O)C[C@@H](NC(=O)C1CCN(C(=O)CCCCCCCCCCCCCCCCCCC(=O)O)CC1)C(=O)O.CNCCOCCOCC(=O)NCCOCCOCC(=O)NCCCC[C@H](CC(=O)[C@H](C)N)C(=O)O. The van der Waals surface area contributed by atoms with Crippen molar-refractivity contribution >= 4 is 53.1 Å². The van der Waals surface area contributed by atoms with E-state index in [1.807, 2.05) is 11.9 Å². The lowest BCUT2D eigenvalue weighted by atomic mass is 9.94. The molecule has 0 saturated carbocycles. The van der Waals surface area contributed by atoms with E-state index in [-0.39, 0.29) is 80.4 Å². The fraction of sp³-hybridized carbons (Fsp3) is 0.833. The van der Waals surface area contributed by atoms with Gasteiger partial charge in [-0.05, 0) is 59.4 Å². The van der Waals surface area contributed by atoms with Crippen LogP contribution in [0, 0.1) is 11.8 Å². The molecule has 0 radical (unpaired) electrons. The average molecular weight is 1090 g/mol. The van der Waals surface area contributed by atoms with Gasteiger partial charge in [0.05, 0.1) is 51.6 Å². The highest BCUT2D eigenvalue weighted by Crippen LogP contribution is 2.20. The molecule has 76 heavy (non-hydrogen) atoms. The van der Waals surface area contributed by atoms with Crippen molar-refractivity contribution in [2.24, 2.45) is 17.6 Å². The molecular formula is C54H98N6O16. The topological polar surface area (TPSA) is 329 Å². The van der Waals surface area contributed by atoms with Crippen molar-refractivity contribution in [3.05, 3.63) is 0 Å². The Bertz CT molecular complexity index is 1610. The summed E-state index contributed by atoms with van der Waals surface area (Å²) in [6.45, 7) is 7.38. The number of amides is 4. The number of rotatable bonds is 49. The Balaban J connectivity index is 0.00000149. The summed E-state index contributed by atoms with van der Waals surface area (Å²) in [4.78, 5) is 106. The van der Waals surface area contributed by atoms with Crippen molar-refractivity contribution in [3.63, 3.8) is 0 Å². The van der Waals surface area contributed by atoms with Gasteiger partial charge in [-0.15, -0.1) is 0 Å². The molecule has 0 unspecified atom stereocenters. The van der Waals surface area contributed by atoms with Crippen LogP contribution >= 0.6 is 0 Å². The molecule has 1 fully saturated rings. The highest BCUT2D eigenvalue weighted by molar-refractivity contribution is 5.89. The van der Waals surface area contributed by atoms with Crippen LogP contribution in [-0.2, 0) is 62.1 Å². The number of hydrogen-bond acceptors (Lipinski definition) is 15. The molecule has 1 heterocycles. The minimum absolute atomic E-state index is 0.0407. The van der Waals surface area contributed by atoms with Crippen molar-refractivity contribution in [1.29, 1.82) is 0 Å². The number of likely N-dealkylation sites (tertiary alicyclic amines) is 1. The largest absolute Gasteiger partial charge is 0.481 e. The fourth-order valence-electron chi connectivity index (χ4n) is 8.15. The van der Waals surface area contributed by atoms with Gasteiger partial charge >= 0.3 is 17.9 Å². The summed E-state index contributed by atoms with van der Waals surface area (Å²) in [7, 11) is 1.84. The molecule has 9 N–H and O–H groups in total. The first kappa shape index (κ1) is 71.4. The smallest absolute Gasteiger partial charge is 0.326 e. The molecule has 3 atom stereocenters. The van der Waals surface area contributed by atoms with Crippen molar-refractivity contribution in [2.75, 3.05) is 92.6 Å². The number of nitrogens with two attached hydrogens (primary N) is 1. The summed E-state index contributed by atoms with van der Waals surface area (Å²) in [6.07, 6.45) is 22.0. The van der Waals surface area contributed by atoms with Gasteiger partial charge in [0.25, 0.3) is 0 Å². The van der Waals surface area contributed by atoms with Gasteiger partial charge < -0.3 is 66.2 Å². The van der Waals surface area contributed by atoms with E-state index < -0.39 is 35.9 Å². The first-order chi connectivity index (χ1) is 36.5. The highest BCUT2D eigenvalue weighted by atomic mass is 16.5. The number of hydrogen-bond donors (Lipinski definition) is 8. The van der Waals surface area contributed by atoms with Crippen molar-refractivity contribution in [3.8, 4) is 0 Å². The second-order valence-electron chi connectivity index (χ2n) is 19.6. The molecule has 0 aromatic carbocycles. The molecule has 440 valence electrons. The number of carboxylic acids is 3. The second kappa shape index (κ2) is 48.7. The van der Waals surface area contributed by atoms with E-state index in [0.717, 1.165) is 45.1 Å². The van der Waals surface area contributed by atoms with Crippen LogP contribution in [0.3, 0.4) is 0 Å². The number of aliphatic carboxylic acids is 3. The molecule has 0 aliphatic carbocycles. The standard InChI is InChI=1S/C31H54N2O7.C23H44N4O9/c1-25(34)24-27(31(39)40)32-30(38)26-20-22-33(23-21-26)28(35)18-16-14-12-10-8-6-4-2-3-5-7-9-11-13-15-17-19-29(36)37;1-18(24)20(28)15-19(23(31)32)5-3-4-6-26-21(29)16-35-14-12-34-10-8-27-22(30)17-36-13-11-33-9-7-25-2/h26-27H,2-24H2,1H3,(H,32,38)(H,36,37)(H,39,40);18-19,25H,3-17,24H2,1-2H3,(H,26,29)(H,27,30)(H,31,32)/t27-;18-,19+/m10/s1. The zero-order valence-corrected chi connectivity index (χ0v) is 46.4. The van der Waals surface area contributed by atoms with Crippen LogP contribution in [0.15, 0.2) is 0 Å². The van der Waals surface area contributed by atoms with Gasteiger partial charge in [-0.1, -0.05) is 96.3 Å². The van der Waals surface area contributed by atoms with E-state index in [2.05, 4.69) is 21.3 Å². The summed E-state index contributed by atoms with van der Waals surface area (Å²) in [6, 6.07) is -1.87. The van der Waals surface area contributed by atoms with E-state index in [1.54, 1.807) is 0 Å². The number of Topliss-reactive ketones (excluding diaryl/α,β-unsaturated/α-hetero) is 2. The number of ether oxygens (including phenoxy) is 4. The predicted octanol–water partition coefficient (Wildman–Crippen LogP) is 4.56. The molecule has 1 saturated heterocycles. The molecule has 22 nitrogen and oxygen atoms in total. The van der Waals surface area contributed by atoms with Crippen LogP contribution in [-0.4, -0.2) is 178 Å². The van der Waals surface area contributed by atoms with Gasteiger partial charge in [-0.25, -0.2) is 4.79 Å². The Hall–Kier alpha value is -4.61. The molecule has 4 amide bonds. The first-order valence-corrected chi connectivity index (χ1v) is 28.0. The molecule has 1 rings (SSSR count). The van der Waals surface area contributed by atoms with Gasteiger partial charge in [0.1, 0.15) is 30.8 Å². The molecule has 1 aliphatic heterocycles. The zero-order valence-electron chi connectivity index (χ0n) is 46.4. The molecule has 0 aromatic rings. The Labute approximate surface area is 452 Å². The van der Waals surface area contributed by atoms with E-state index in [9.17, 15) is 53.4 Å². The van der Waals surface area contributed by atoms with Crippen molar-refractivity contribution in [2.45, 2.75) is 186 Å². The monoisotopic (exact) mass is 1090 g/mol. The number of carbonyl (C=O) groups excluding carboxylic acids is 6. The summed E-state index contributed by atoms with van der Waals surface area (Å²) >= 11 is 0. The van der Waals surface area contributed by atoms with E-state index >= 15 is 0 Å². The number of piperidine rings is 1. The zero-order chi connectivity index (χ0) is 56.6. The Kier molecular flexibility index (Phi) is 45.8. The van der Waals surface area contributed by atoms with Crippen LogP contribution in [0.1, 0.15) is 174 Å². The number of carbonyl (C=O) groups is 9. The quantitative estimate of drug-likeness (QED) is 0.0387. The number of ketones is 2. The minimum atomic E-state index is -1.21. The van der Waals surface area contributed by atoms with Gasteiger partial charge in [0.15, 0.2) is 0 Å². The summed E-state index contributed by atoms with van der Waals surface area (Å²) < 4.78 is 21.0. The van der Waals surface area contributed by atoms with Crippen LogP contribution < -0.4 is 27.0 Å². The van der Waals surface area contributed by atoms with Crippen LogP contribution in [0.2, 0.25) is 0 Å². The molecule has 0 spiro atoms. The fourth-order valence-corrected chi connectivity index (χ4v) is 8.15. The molecule has 0 bridgehead atoms. The summed E-state index contributed by atoms with van der Waals surface area (Å²) in [5, 5.41) is 37.8. The lowest BCUT2D eigenvalue weighted by Crippen LogP contribution is -2.48. The Morgan fingerprint density at radius 3 is 1.47 bits per heavy atom. The normalized spacial score (nSPS) is 13.7. The maximum absolute atomic E-state index is 12.5. The van der Waals surface area contributed by atoms with Crippen LogP contribution in [0.4, 0.5) is 0 Å². The Morgan fingerprint density at radius 1 is 0.566 bits per heavy atom. The van der Waals surface area contributed by atoms with E-state index in [1.165, 1.54) is 78.1 Å². The molecule has 1 aliphatic rings. The first-order valence-electron chi connectivity index (χ1n) is 28.0. The highest BCUT2D eigenvalue weighted by Gasteiger charge is 2.30. The van der Waals surface area contributed by atoms with Gasteiger partial charge in [-0.2, -0.15) is 0 Å². The summed E-state index contributed by atoms with van der Waals surface area (Å²) in [5.41, 5.74) is 5.48. The third kappa shape index (κ3) is 43.5. The number of carboxylic acid groups (broad SMARTS) is 3. The second-order valence-corrected chi connectivity index (χ2v) is 19.6. The van der Waals surface area contributed by atoms with Gasteiger partial charge in [-0.3, -0.25) is 38.4 Å². The van der Waals surface area contributed by atoms with Crippen LogP contribution in [0.25, 0.3) is 0 Å². The summed E-state index contributed by atoms with van der Waals surface area (Å²) in [5.74, 6) is -5.29. The number of likely N-dealkylation sites (N-methyl/N-ethyl adjacent to an activating group) is 1. The number of nitrogens with one attached hydrogen (secondary N) is 4. The maximum Gasteiger partial charge on any atom is 0.326 e. The van der Waals surface area contributed by atoms with Gasteiger partial charge in [0.2, 0.25) is 23.6 Å². The van der Waals surface area contributed by atoms with Crippen LogP contribution in [0.5, 0.6) is 0 Å². The molecule has 22 heteroatoms. The Morgan fingerprint density at radius 2 is 1.03 bits per heavy atom. The average Bonchev–Trinajstić information content (AvgIpc) is 3.37. The van der Waals surface area contributed by atoms with Crippen molar-refractivity contribution < 1.29 is 77.4 Å². The predicted molar refractivity (Wildman–Crippen MR) is 286 cm³/mol. The maximum atomic E-state index is 12.5. The third-order valence-electron chi connectivity index (χ3n) is 12.7. The van der Waals surface area contributed by atoms with Crippen molar-refractivity contribution in [1.82, 2.24) is 26.2 Å². The lowest BCUT2D eigenvalue weighted by Gasteiger charge is -2.32. The lowest BCUT2D eigenvalue weighted by molar-refractivity contribution is -0.144. The van der Waals surface area contributed by atoms with Gasteiger partial charge in [0, 0.05) is 64.3 Å². The molecule has 0 aromatic heterocycles. The van der Waals surface area contributed by atoms with E-state index in [0.29, 0.717) is 97.6 Å².